The van der Waals surface area contributed by atoms with E-state index in [4.69, 9.17) is 0 Å². The van der Waals surface area contributed by atoms with Gasteiger partial charge in [0.2, 0.25) is 0 Å². The molecule has 2 amide bonds. The SMILES string of the molecule is CC(C)NC(=O)N1CCn2cccc2C1Cc1ccccc1. The molecule has 116 valence electrons. The van der Waals surface area contributed by atoms with Gasteiger partial charge in [-0.2, -0.15) is 0 Å². The van der Waals surface area contributed by atoms with Crippen LogP contribution in [0.4, 0.5) is 4.79 Å². The van der Waals surface area contributed by atoms with Gasteiger partial charge in [0, 0.05) is 31.0 Å². The van der Waals surface area contributed by atoms with Gasteiger partial charge in [0.1, 0.15) is 0 Å². The lowest BCUT2D eigenvalue weighted by Crippen LogP contribution is -2.49. The van der Waals surface area contributed by atoms with Crippen molar-refractivity contribution in [2.24, 2.45) is 0 Å². The summed E-state index contributed by atoms with van der Waals surface area (Å²) in [4.78, 5) is 14.5. The largest absolute Gasteiger partial charge is 0.348 e. The highest BCUT2D eigenvalue weighted by Gasteiger charge is 2.31. The van der Waals surface area contributed by atoms with Gasteiger partial charge < -0.3 is 14.8 Å². The van der Waals surface area contributed by atoms with Crippen LogP contribution in [0, 0.1) is 0 Å². The van der Waals surface area contributed by atoms with E-state index in [1.807, 2.05) is 24.8 Å². The molecule has 0 spiro atoms. The standard InChI is InChI=1S/C18H23N3O/c1-14(2)19-18(22)21-12-11-20-10-6-9-16(20)17(21)13-15-7-4-3-5-8-15/h3-10,14,17H,11-13H2,1-2H3,(H,19,22). The molecular weight excluding hydrogens is 274 g/mol. The van der Waals surface area contributed by atoms with Gasteiger partial charge in [-0.1, -0.05) is 30.3 Å². The fourth-order valence-electron chi connectivity index (χ4n) is 3.09. The van der Waals surface area contributed by atoms with E-state index < -0.39 is 0 Å². The number of fused-ring (bicyclic) bond motifs is 1. The molecule has 0 aliphatic carbocycles. The molecule has 1 aromatic carbocycles. The van der Waals surface area contributed by atoms with Crippen molar-refractivity contribution >= 4 is 6.03 Å². The van der Waals surface area contributed by atoms with Crippen molar-refractivity contribution in [2.45, 2.75) is 38.9 Å². The van der Waals surface area contributed by atoms with Crippen molar-refractivity contribution in [2.75, 3.05) is 6.54 Å². The van der Waals surface area contributed by atoms with Crippen LogP contribution in [0.25, 0.3) is 0 Å². The lowest BCUT2D eigenvalue weighted by Gasteiger charge is -2.37. The molecule has 1 N–H and O–H groups in total. The van der Waals surface area contributed by atoms with Gasteiger partial charge >= 0.3 is 6.03 Å². The number of aromatic nitrogens is 1. The number of carbonyl (C=O) groups excluding carboxylic acids is 1. The Hall–Kier alpha value is -2.23. The van der Waals surface area contributed by atoms with E-state index in [1.54, 1.807) is 0 Å². The molecule has 22 heavy (non-hydrogen) atoms. The van der Waals surface area contributed by atoms with Crippen molar-refractivity contribution in [3.63, 3.8) is 0 Å². The van der Waals surface area contributed by atoms with Gasteiger partial charge in [-0.15, -0.1) is 0 Å². The molecular formula is C18H23N3O. The van der Waals surface area contributed by atoms with Crippen molar-refractivity contribution in [3.05, 3.63) is 59.9 Å². The second kappa shape index (κ2) is 6.26. The smallest absolute Gasteiger partial charge is 0.318 e. The van der Waals surface area contributed by atoms with E-state index in [9.17, 15) is 4.79 Å². The molecule has 3 rings (SSSR count). The Morgan fingerprint density at radius 1 is 1.18 bits per heavy atom. The first-order chi connectivity index (χ1) is 10.6. The number of carbonyl (C=O) groups is 1. The van der Waals surface area contributed by atoms with E-state index in [0.29, 0.717) is 0 Å². The van der Waals surface area contributed by atoms with Gasteiger partial charge in [-0.3, -0.25) is 0 Å². The quantitative estimate of drug-likeness (QED) is 0.928. The second-order valence-corrected chi connectivity index (χ2v) is 6.13. The molecule has 0 saturated heterocycles. The molecule has 0 fully saturated rings. The van der Waals surface area contributed by atoms with Crippen LogP contribution in [0.5, 0.6) is 0 Å². The Morgan fingerprint density at radius 2 is 1.95 bits per heavy atom. The Labute approximate surface area is 131 Å². The van der Waals surface area contributed by atoms with Crippen LogP contribution in [0.3, 0.4) is 0 Å². The normalized spacial score (nSPS) is 17.4. The minimum Gasteiger partial charge on any atom is -0.348 e. The van der Waals surface area contributed by atoms with E-state index >= 15 is 0 Å². The average molecular weight is 297 g/mol. The summed E-state index contributed by atoms with van der Waals surface area (Å²) in [6.45, 7) is 5.60. The molecule has 1 aromatic heterocycles. The van der Waals surface area contributed by atoms with Crippen LogP contribution in [0.15, 0.2) is 48.7 Å². The number of amides is 2. The number of nitrogens with one attached hydrogen (secondary N) is 1. The van der Waals surface area contributed by atoms with Crippen molar-refractivity contribution in [1.29, 1.82) is 0 Å². The molecule has 0 bridgehead atoms. The molecule has 1 atom stereocenters. The molecule has 4 heteroatoms. The third-order valence-electron chi connectivity index (χ3n) is 4.11. The van der Waals surface area contributed by atoms with Crippen LogP contribution in [0.2, 0.25) is 0 Å². The number of hydrogen-bond donors (Lipinski definition) is 1. The average Bonchev–Trinajstić information content (AvgIpc) is 2.96. The summed E-state index contributed by atoms with van der Waals surface area (Å²) in [6, 6.07) is 14.8. The minimum atomic E-state index is 0.0309. The van der Waals surface area contributed by atoms with Gasteiger partial charge in [-0.25, -0.2) is 4.79 Å². The summed E-state index contributed by atoms with van der Waals surface area (Å²) in [6.07, 6.45) is 2.95. The third-order valence-corrected chi connectivity index (χ3v) is 4.11. The highest BCUT2D eigenvalue weighted by molar-refractivity contribution is 5.75. The van der Waals surface area contributed by atoms with E-state index in [0.717, 1.165) is 19.5 Å². The lowest BCUT2D eigenvalue weighted by molar-refractivity contribution is 0.153. The lowest BCUT2D eigenvalue weighted by atomic mass is 10.0. The van der Waals surface area contributed by atoms with E-state index in [2.05, 4.69) is 52.5 Å². The molecule has 1 aliphatic heterocycles. The zero-order valence-electron chi connectivity index (χ0n) is 13.2. The van der Waals surface area contributed by atoms with Crippen LogP contribution in [0.1, 0.15) is 31.1 Å². The van der Waals surface area contributed by atoms with Gasteiger partial charge in [-0.05, 0) is 38.0 Å². The molecule has 2 heterocycles. The summed E-state index contributed by atoms with van der Waals surface area (Å²) >= 11 is 0. The Bertz CT molecular complexity index is 633. The second-order valence-electron chi connectivity index (χ2n) is 6.13. The van der Waals surface area contributed by atoms with Crippen LogP contribution in [-0.2, 0) is 13.0 Å². The molecule has 1 aliphatic rings. The van der Waals surface area contributed by atoms with Gasteiger partial charge in [0.05, 0.1) is 6.04 Å². The minimum absolute atomic E-state index is 0.0309. The highest BCUT2D eigenvalue weighted by atomic mass is 16.2. The summed E-state index contributed by atoms with van der Waals surface area (Å²) in [5, 5.41) is 3.03. The maximum atomic E-state index is 12.5. The Morgan fingerprint density at radius 3 is 2.68 bits per heavy atom. The molecule has 4 nitrogen and oxygen atoms in total. The summed E-state index contributed by atoms with van der Waals surface area (Å²) in [7, 11) is 0. The first-order valence-corrected chi connectivity index (χ1v) is 7.91. The molecule has 1 unspecified atom stereocenters. The zero-order chi connectivity index (χ0) is 15.5. The monoisotopic (exact) mass is 297 g/mol. The third kappa shape index (κ3) is 3.01. The summed E-state index contributed by atoms with van der Waals surface area (Å²) in [5.74, 6) is 0. The molecule has 0 saturated carbocycles. The number of nitrogens with zero attached hydrogens (tertiary/aromatic N) is 2. The Balaban J connectivity index is 1.87. The number of urea groups is 1. The topological polar surface area (TPSA) is 37.3 Å². The molecule has 0 radical (unpaired) electrons. The van der Waals surface area contributed by atoms with E-state index in [-0.39, 0.29) is 18.1 Å². The number of rotatable bonds is 3. The van der Waals surface area contributed by atoms with Gasteiger partial charge in [0.15, 0.2) is 0 Å². The van der Waals surface area contributed by atoms with E-state index in [1.165, 1.54) is 11.3 Å². The highest BCUT2D eigenvalue weighted by Crippen LogP contribution is 2.29. The summed E-state index contributed by atoms with van der Waals surface area (Å²) < 4.78 is 2.26. The van der Waals surface area contributed by atoms with Crippen LogP contribution < -0.4 is 5.32 Å². The maximum absolute atomic E-state index is 12.5. The first kappa shape index (κ1) is 14.7. The number of benzene rings is 1. The fraction of sp³-hybridized carbons (Fsp3) is 0.389. The van der Waals surface area contributed by atoms with Crippen molar-refractivity contribution in [3.8, 4) is 0 Å². The van der Waals surface area contributed by atoms with Gasteiger partial charge in [0.25, 0.3) is 0 Å². The predicted molar refractivity (Wildman–Crippen MR) is 87.7 cm³/mol. The number of hydrogen-bond acceptors (Lipinski definition) is 1. The first-order valence-electron chi connectivity index (χ1n) is 7.91. The van der Waals surface area contributed by atoms with Crippen LogP contribution >= 0.6 is 0 Å². The van der Waals surface area contributed by atoms with Crippen molar-refractivity contribution < 1.29 is 4.79 Å². The summed E-state index contributed by atoms with van der Waals surface area (Å²) in [5.41, 5.74) is 2.47. The van der Waals surface area contributed by atoms with Crippen LogP contribution in [-0.4, -0.2) is 28.1 Å². The fourth-order valence-corrected chi connectivity index (χ4v) is 3.09. The zero-order valence-corrected chi connectivity index (χ0v) is 13.2. The maximum Gasteiger partial charge on any atom is 0.318 e. The Kier molecular flexibility index (Phi) is 4.18. The predicted octanol–water partition coefficient (Wildman–Crippen LogP) is 3.21. The molecule has 2 aromatic rings. The van der Waals surface area contributed by atoms with Crippen molar-refractivity contribution in [1.82, 2.24) is 14.8 Å².